The highest BCUT2D eigenvalue weighted by Gasteiger charge is 2.14. The molecule has 2 aromatic heterocycles. The van der Waals surface area contributed by atoms with Crippen molar-refractivity contribution in [2.24, 2.45) is 0 Å². The molecule has 0 aliphatic carbocycles. The van der Waals surface area contributed by atoms with Gasteiger partial charge in [-0.15, -0.1) is 10.2 Å². The Balaban J connectivity index is 1.49. The summed E-state index contributed by atoms with van der Waals surface area (Å²) in [6.45, 7) is 4.10. The van der Waals surface area contributed by atoms with Crippen molar-refractivity contribution in [2.75, 3.05) is 25.3 Å². The molecule has 0 saturated heterocycles. The van der Waals surface area contributed by atoms with Crippen molar-refractivity contribution in [3.63, 3.8) is 0 Å². The van der Waals surface area contributed by atoms with Crippen LogP contribution in [0.4, 0.5) is 5.69 Å². The number of anilines is 1. The van der Waals surface area contributed by atoms with E-state index in [-0.39, 0.29) is 11.7 Å². The smallest absolute Gasteiger partial charge is 0.234 e. The molecule has 0 aliphatic rings. The summed E-state index contributed by atoms with van der Waals surface area (Å²) in [4.78, 5) is 20.2. The number of ether oxygens (including phenoxy) is 2. The standard InChI is InChI=1S/C21H21N5O3S/c1-11-7-12(2)18-14(8-11)19-20(23-18)24-21(26-25-19)30-10-17(27)22-15-6-5-13(28-3)9-16(15)29-4/h5-9H,10H2,1-4H3,(H,22,27)(H,23,24,26). The number of nitrogens with zero attached hydrogens (tertiary/aromatic N) is 3. The molecule has 9 heteroatoms. The van der Waals surface area contributed by atoms with Crippen LogP contribution in [0.1, 0.15) is 11.1 Å². The van der Waals surface area contributed by atoms with Crippen molar-refractivity contribution in [2.45, 2.75) is 19.0 Å². The second-order valence-corrected chi connectivity index (χ2v) is 7.77. The Morgan fingerprint density at radius 1 is 1.13 bits per heavy atom. The molecule has 4 aromatic rings. The molecule has 8 nitrogen and oxygen atoms in total. The Kier molecular flexibility index (Phi) is 5.45. The Bertz CT molecular complexity index is 1250. The largest absolute Gasteiger partial charge is 0.497 e. The zero-order valence-electron chi connectivity index (χ0n) is 17.1. The molecule has 4 rings (SSSR count). The van der Waals surface area contributed by atoms with Crippen molar-refractivity contribution in [3.8, 4) is 11.5 Å². The molecule has 0 unspecified atom stereocenters. The van der Waals surface area contributed by atoms with E-state index in [0.717, 1.165) is 27.5 Å². The fourth-order valence-electron chi connectivity index (χ4n) is 3.30. The Hall–Kier alpha value is -3.33. The van der Waals surface area contributed by atoms with Gasteiger partial charge in [-0.3, -0.25) is 4.79 Å². The number of aryl methyl sites for hydroxylation is 2. The molecule has 30 heavy (non-hydrogen) atoms. The van der Waals surface area contributed by atoms with E-state index >= 15 is 0 Å². The summed E-state index contributed by atoms with van der Waals surface area (Å²) in [7, 11) is 3.11. The molecule has 0 bridgehead atoms. The maximum absolute atomic E-state index is 12.4. The van der Waals surface area contributed by atoms with Crippen molar-refractivity contribution in [1.29, 1.82) is 0 Å². The van der Waals surface area contributed by atoms with E-state index in [0.29, 0.717) is 28.0 Å². The molecule has 0 saturated carbocycles. The van der Waals surface area contributed by atoms with E-state index < -0.39 is 0 Å². The number of thioether (sulfide) groups is 1. The average Bonchev–Trinajstić information content (AvgIpc) is 3.10. The summed E-state index contributed by atoms with van der Waals surface area (Å²) in [6, 6.07) is 9.38. The first-order valence-electron chi connectivity index (χ1n) is 9.26. The second kappa shape index (κ2) is 8.19. The minimum absolute atomic E-state index is 0.140. The van der Waals surface area contributed by atoms with E-state index in [1.165, 1.54) is 18.9 Å². The molecule has 0 atom stereocenters. The Labute approximate surface area is 177 Å². The van der Waals surface area contributed by atoms with Crippen LogP contribution < -0.4 is 14.8 Å². The molecule has 0 spiro atoms. The number of carbonyl (C=O) groups is 1. The summed E-state index contributed by atoms with van der Waals surface area (Å²) in [6.07, 6.45) is 0. The van der Waals surface area contributed by atoms with Crippen LogP contribution in [-0.4, -0.2) is 46.0 Å². The van der Waals surface area contributed by atoms with Crippen molar-refractivity contribution in [3.05, 3.63) is 41.5 Å². The van der Waals surface area contributed by atoms with E-state index in [1.807, 2.05) is 13.8 Å². The van der Waals surface area contributed by atoms with Gasteiger partial charge in [0.2, 0.25) is 11.1 Å². The van der Waals surface area contributed by atoms with Crippen LogP contribution in [0, 0.1) is 13.8 Å². The maximum atomic E-state index is 12.4. The number of amides is 1. The quantitative estimate of drug-likeness (QED) is 0.454. The fraction of sp³-hybridized carbons (Fsp3) is 0.238. The van der Waals surface area contributed by atoms with Gasteiger partial charge in [0, 0.05) is 11.5 Å². The van der Waals surface area contributed by atoms with Crippen molar-refractivity contribution in [1.82, 2.24) is 20.2 Å². The van der Waals surface area contributed by atoms with Crippen LogP contribution in [0.2, 0.25) is 0 Å². The lowest BCUT2D eigenvalue weighted by Gasteiger charge is -2.11. The third-order valence-electron chi connectivity index (χ3n) is 4.66. The second-order valence-electron chi connectivity index (χ2n) is 6.82. The van der Waals surface area contributed by atoms with Crippen LogP contribution in [0.15, 0.2) is 35.5 Å². The fourth-order valence-corrected chi connectivity index (χ4v) is 3.88. The van der Waals surface area contributed by atoms with Crippen molar-refractivity contribution < 1.29 is 14.3 Å². The molecule has 2 N–H and O–H groups in total. The zero-order chi connectivity index (χ0) is 21.3. The first kappa shape index (κ1) is 20.0. The van der Waals surface area contributed by atoms with Gasteiger partial charge in [-0.05, 0) is 37.6 Å². The highest BCUT2D eigenvalue weighted by Crippen LogP contribution is 2.30. The average molecular weight is 423 g/mol. The van der Waals surface area contributed by atoms with Crippen LogP contribution in [-0.2, 0) is 4.79 Å². The molecule has 0 aliphatic heterocycles. The number of hydrogen-bond donors (Lipinski definition) is 2. The van der Waals surface area contributed by atoms with E-state index in [4.69, 9.17) is 9.47 Å². The summed E-state index contributed by atoms with van der Waals surface area (Å²) in [5.74, 6) is 1.11. The number of methoxy groups -OCH3 is 2. The number of fused-ring (bicyclic) bond motifs is 3. The number of aromatic amines is 1. The van der Waals surface area contributed by atoms with Gasteiger partial charge in [-0.1, -0.05) is 23.4 Å². The van der Waals surface area contributed by atoms with Gasteiger partial charge in [0.05, 0.1) is 31.2 Å². The lowest BCUT2D eigenvalue weighted by Crippen LogP contribution is -2.15. The number of rotatable bonds is 6. The summed E-state index contributed by atoms with van der Waals surface area (Å²) in [5.41, 5.74) is 5.25. The normalized spacial score (nSPS) is 11.1. The Morgan fingerprint density at radius 2 is 1.97 bits per heavy atom. The Morgan fingerprint density at radius 3 is 2.73 bits per heavy atom. The molecule has 154 valence electrons. The lowest BCUT2D eigenvalue weighted by atomic mass is 10.1. The first-order valence-corrected chi connectivity index (χ1v) is 10.2. The monoisotopic (exact) mass is 423 g/mol. The SMILES string of the molecule is COc1ccc(NC(=O)CSc2nnc3c(n2)[nH]c2c(C)cc(C)cc23)c(OC)c1. The van der Waals surface area contributed by atoms with Gasteiger partial charge in [-0.2, -0.15) is 0 Å². The number of hydrogen-bond acceptors (Lipinski definition) is 7. The van der Waals surface area contributed by atoms with Crippen LogP contribution >= 0.6 is 11.8 Å². The maximum Gasteiger partial charge on any atom is 0.234 e. The first-order chi connectivity index (χ1) is 14.5. The number of H-pyrrole nitrogens is 1. The van der Waals surface area contributed by atoms with Gasteiger partial charge in [0.15, 0.2) is 5.65 Å². The van der Waals surface area contributed by atoms with Crippen LogP contribution in [0.3, 0.4) is 0 Å². The number of nitrogens with one attached hydrogen (secondary N) is 2. The third-order valence-corrected chi connectivity index (χ3v) is 5.50. The minimum atomic E-state index is -0.199. The number of benzene rings is 2. The molecule has 1 amide bonds. The number of aromatic nitrogens is 4. The minimum Gasteiger partial charge on any atom is -0.497 e. The van der Waals surface area contributed by atoms with Gasteiger partial charge < -0.3 is 19.8 Å². The molecular formula is C21H21N5O3S. The predicted molar refractivity (Wildman–Crippen MR) is 118 cm³/mol. The predicted octanol–water partition coefficient (Wildman–Crippen LogP) is 3.87. The molecule has 0 radical (unpaired) electrons. The molecule has 0 fully saturated rings. The summed E-state index contributed by atoms with van der Waals surface area (Å²) >= 11 is 1.22. The van der Waals surface area contributed by atoms with Gasteiger partial charge in [-0.25, -0.2) is 4.98 Å². The number of carbonyl (C=O) groups excluding carboxylic acids is 1. The van der Waals surface area contributed by atoms with Gasteiger partial charge in [0.1, 0.15) is 17.0 Å². The highest BCUT2D eigenvalue weighted by molar-refractivity contribution is 7.99. The van der Waals surface area contributed by atoms with Gasteiger partial charge in [0.25, 0.3) is 0 Å². The highest BCUT2D eigenvalue weighted by atomic mass is 32.2. The molecular weight excluding hydrogens is 402 g/mol. The van der Waals surface area contributed by atoms with Crippen molar-refractivity contribution >= 4 is 45.4 Å². The van der Waals surface area contributed by atoms with E-state index in [2.05, 4.69) is 37.6 Å². The van der Waals surface area contributed by atoms with E-state index in [9.17, 15) is 4.79 Å². The lowest BCUT2D eigenvalue weighted by molar-refractivity contribution is -0.113. The van der Waals surface area contributed by atoms with E-state index in [1.54, 1.807) is 25.3 Å². The summed E-state index contributed by atoms with van der Waals surface area (Å²) in [5, 5.41) is 12.8. The third kappa shape index (κ3) is 3.88. The van der Waals surface area contributed by atoms with Crippen LogP contribution in [0.25, 0.3) is 22.1 Å². The topological polar surface area (TPSA) is 102 Å². The summed E-state index contributed by atoms with van der Waals surface area (Å²) < 4.78 is 10.5. The molecule has 2 heterocycles. The van der Waals surface area contributed by atoms with Crippen LogP contribution in [0.5, 0.6) is 11.5 Å². The molecule has 2 aromatic carbocycles. The van der Waals surface area contributed by atoms with Gasteiger partial charge >= 0.3 is 0 Å². The zero-order valence-corrected chi connectivity index (χ0v) is 17.9.